The maximum Gasteiger partial charge on any atom is 0.118 e. The van der Waals surface area contributed by atoms with Gasteiger partial charge in [-0.3, -0.25) is 0 Å². The monoisotopic (exact) mass is 178 g/mol. The highest BCUT2D eigenvalue weighted by atomic mass is 16.5. The molecule has 0 spiro atoms. The van der Waals surface area contributed by atoms with Crippen molar-refractivity contribution in [3.63, 3.8) is 0 Å². The van der Waals surface area contributed by atoms with E-state index in [1.54, 1.807) is 7.11 Å². The fourth-order valence-corrected chi connectivity index (χ4v) is 1.31. The maximum atomic E-state index is 5.10. The normalized spacial score (nSPS) is 12.5. The largest absolute Gasteiger partial charge is 0.497 e. The Morgan fingerprint density at radius 2 is 1.85 bits per heavy atom. The summed E-state index contributed by atoms with van der Waals surface area (Å²) in [5.74, 6) is 1.71. The van der Waals surface area contributed by atoms with Gasteiger partial charge in [0.25, 0.3) is 0 Å². The predicted molar refractivity (Wildman–Crippen MR) is 56.2 cm³/mol. The van der Waals surface area contributed by atoms with Crippen molar-refractivity contribution in [2.75, 3.05) is 7.11 Å². The molecule has 0 aliphatic rings. The van der Waals surface area contributed by atoms with Crippen LogP contribution in [0.4, 0.5) is 0 Å². The molecule has 0 N–H and O–H groups in total. The zero-order chi connectivity index (χ0) is 9.68. The van der Waals surface area contributed by atoms with Crippen molar-refractivity contribution in [2.24, 2.45) is 5.92 Å². The minimum absolute atomic E-state index is 0.772. The molecule has 0 saturated heterocycles. The molecule has 1 atom stereocenters. The van der Waals surface area contributed by atoms with Gasteiger partial charge in [-0.05, 0) is 30.0 Å². The van der Waals surface area contributed by atoms with Crippen LogP contribution in [0.15, 0.2) is 24.3 Å². The molecule has 72 valence electrons. The van der Waals surface area contributed by atoms with E-state index in [9.17, 15) is 0 Å². The summed E-state index contributed by atoms with van der Waals surface area (Å²) in [5, 5.41) is 0. The van der Waals surface area contributed by atoms with Crippen LogP contribution in [0, 0.1) is 5.92 Å². The molecule has 13 heavy (non-hydrogen) atoms. The number of rotatable bonds is 4. The highest BCUT2D eigenvalue weighted by molar-refractivity contribution is 5.27. The van der Waals surface area contributed by atoms with Crippen LogP contribution in [0.3, 0.4) is 0 Å². The SMILES string of the molecule is CCC(C)Cc1ccc(OC)cc1. The Morgan fingerprint density at radius 1 is 1.23 bits per heavy atom. The fraction of sp³-hybridized carbons (Fsp3) is 0.500. The second-order valence-electron chi connectivity index (χ2n) is 3.57. The van der Waals surface area contributed by atoms with E-state index in [2.05, 4.69) is 26.0 Å². The third kappa shape index (κ3) is 3.10. The van der Waals surface area contributed by atoms with Gasteiger partial charge in [0.2, 0.25) is 0 Å². The molecule has 0 aromatic heterocycles. The number of hydrogen-bond acceptors (Lipinski definition) is 1. The van der Waals surface area contributed by atoms with E-state index in [1.807, 2.05) is 12.1 Å². The summed E-state index contributed by atoms with van der Waals surface area (Å²) in [6.45, 7) is 4.51. The van der Waals surface area contributed by atoms with Gasteiger partial charge in [-0.25, -0.2) is 0 Å². The molecular weight excluding hydrogens is 160 g/mol. The molecule has 0 aliphatic carbocycles. The van der Waals surface area contributed by atoms with Crippen LogP contribution < -0.4 is 4.74 Å². The van der Waals surface area contributed by atoms with Gasteiger partial charge >= 0.3 is 0 Å². The highest BCUT2D eigenvalue weighted by Gasteiger charge is 2.00. The van der Waals surface area contributed by atoms with Gasteiger partial charge in [-0.2, -0.15) is 0 Å². The van der Waals surface area contributed by atoms with Gasteiger partial charge in [0, 0.05) is 0 Å². The fourth-order valence-electron chi connectivity index (χ4n) is 1.31. The minimum Gasteiger partial charge on any atom is -0.497 e. The summed E-state index contributed by atoms with van der Waals surface area (Å²) in [4.78, 5) is 0. The molecule has 0 radical (unpaired) electrons. The smallest absolute Gasteiger partial charge is 0.118 e. The Kier molecular flexibility index (Phi) is 3.81. The van der Waals surface area contributed by atoms with Gasteiger partial charge in [-0.1, -0.05) is 32.4 Å². The lowest BCUT2D eigenvalue weighted by atomic mass is 9.99. The van der Waals surface area contributed by atoms with Crippen molar-refractivity contribution >= 4 is 0 Å². The van der Waals surface area contributed by atoms with Gasteiger partial charge in [-0.15, -0.1) is 0 Å². The number of methoxy groups -OCH3 is 1. The molecule has 0 aliphatic heterocycles. The average molecular weight is 178 g/mol. The lowest BCUT2D eigenvalue weighted by molar-refractivity contribution is 0.414. The quantitative estimate of drug-likeness (QED) is 0.687. The Bertz CT molecular complexity index is 238. The third-order valence-electron chi connectivity index (χ3n) is 2.44. The first-order valence-corrected chi connectivity index (χ1v) is 4.89. The molecule has 1 rings (SSSR count). The van der Waals surface area contributed by atoms with E-state index in [0.717, 1.165) is 11.7 Å². The van der Waals surface area contributed by atoms with Crippen LogP contribution in [0.2, 0.25) is 0 Å². The number of ether oxygens (including phenoxy) is 1. The predicted octanol–water partition coefficient (Wildman–Crippen LogP) is 3.28. The molecule has 1 heteroatoms. The Morgan fingerprint density at radius 3 is 2.31 bits per heavy atom. The summed E-state index contributed by atoms with van der Waals surface area (Å²) < 4.78 is 5.10. The second-order valence-corrected chi connectivity index (χ2v) is 3.57. The first-order chi connectivity index (χ1) is 6.26. The van der Waals surface area contributed by atoms with Crippen LogP contribution in [-0.4, -0.2) is 7.11 Å². The standard InChI is InChI=1S/C12H18O/c1-4-10(2)9-11-5-7-12(13-3)8-6-11/h5-8,10H,4,9H2,1-3H3. The average Bonchev–Trinajstić information content (AvgIpc) is 2.19. The zero-order valence-corrected chi connectivity index (χ0v) is 8.71. The number of benzene rings is 1. The van der Waals surface area contributed by atoms with Gasteiger partial charge in [0.15, 0.2) is 0 Å². The molecular formula is C12H18O. The van der Waals surface area contributed by atoms with Gasteiger partial charge < -0.3 is 4.74 Å². The van der Waals surface area contributed by atoms with E-state index < -0.39 is 0 Å². The third-order valence-corrected chi connectivity index (χ3v) is 2.44. The topological polar surface area (TPSA) is 9.23 Å². The van der Waals surface area contributed by atoms with Crippen LogP contribution in [0.25, 0.3) is 0 Å². The molecule has 0 fully saturated rings. The number of hydrogen-bond donors (Lipinski definition) is 0. The molecule has 0 heterocycles. The Labute approximate surface area is 80.7 Å². The summed E-state index contributed by atoms with van der Waals surface area (Å²) in [6, 6.07) is 8.34. The second kappa shape index (κ2) is 4.90. The molecule has 0 saturated carbocycles. The van der Waals surface area contributed by atoms with Crippen molar-refractivity contribution in [1.29, 1.82) is 0 Å². The van der Waals surface area contributed by atoms with Gasteiger partial charge in [0.1, 0.15) is 5.75 Å². The van der Waals surface area contributed by atoms with E-state index in [4.69, 9.17) is 4.74 Å². The first-order valence-electron chi connectivity index (χ1n) is 4.89. The minimum atomic E-state index is 0.772. The lowest BCUT2D eigenvalue weighted by Crippen LogP contribution is -1.97. The van der Waals surface area contributed by atoms with Crippen LogP contribution >= 0.6 is 0 Å². The highest BCUT2D eigenvalue weighted by Crippen LogP contribution is 2.15. The summed E-state index contributed by atoms with van der Waals surface area (Å²) in [7, 11) is 1.70. The van der Waals surface area contributed by atoms with E-state index in [1.165, 1.54) is 18.4 Å². The Balaban J connectivity index is 2.58. The molecule has 0 amide bonds. The van der Waals surface area contributed by atoms with E-state index in [0.29, 0.717) is 0 Å². The zero-order valence-electron chi connectivity index (χ0n) is 8.71. The molecule has 1 nitrogen and oxygen atoms in total. The molecule has 1 aromatic rings. The van der Waals surface area contributed by atoms with E-state index >= 15 is 0 Å². The van der Waals surface area contributed by atoms with Crippen LogP contribution in [0.5, 0.6) is 5.75 Å². The molecule has 0 bridgehead atoms. The van der Waals surface area contributed by atoms with Crippen LogP contribution in [-0.2, 0) is 6.42 Å². The molecule has 1 unspecified atom stereocenters. The van der Waals surface area contributed by atoms with Gasteiger partial charge in [0.05, 0.1) is 7.11 Å². The molecule has 1 aromatic carbocycles. The first kappa shape index (κ1) is 10.1. The van der Waals surface area contributed by atoms with Crippen molar-refractivity contribution in [3.05, 3.63) is 29.8 Å². The van der Waals surface area contributed by atoms with Crippen molar-refractivity contribution < 1.29 is 4.74 Å². The van der Waals surface area contributed by atoms with E-state index in [-0.39, 0.29) is 0 Å². The Hall–Kier alpha value is -0.980. The maximum absolute atomic E-state index is 5.10. The van der Waals surface area contributed by atoms with Crippen molar-refractivity contribution in [2.45, 2.75) is 26.7 Å². The van der Waals surface area contributed by atoms with Crippen molar-refractivity contribution in [3.8, 4) is 5.75 Å². The summed E-state index contributed by atoms with van der Waals surface area (Å²) in [5.41, 5.74) is 1.40. The van der Waals surface area contributed by atoms with Crippen molar-refractivity contribution in [1.82, 2.24) is 0 Å². The van der Waals surface area contributed by atoms with Crippen LogP contribution in [0.1, 0.15) is 25.8 Å². The lowest BCUT2D eigenvalue weighted by Gasteiger charge is -2.08. The summed E-state index contributed by atoms with van der Waals surface area (Å²) in [6.07, 6.45) is 2.41. The summed E-state index contributed by atoms with van der Waals surface area (Å²) >= 11 is 0.